The molecule has 7 heteroatoms. The molecule has 2 aromatic heterocycles. The van der Waals surface area contributed by atoms with Crippen LogP contribution in [0.25, 0.3) is 16.7 Å². The minimum absolute atomic E-state index is 0.125. The normalized spacial score (nSPS) is 11.0. The Morgan fingerprint density at radius 1 is 1.13 bits per heavy atom. The Labute approximate surface area is 179 Å². The number of carbonyl (C=O) groups excluding carboxylic acids is 1. The van der Waals surface area contributed by atoms with Crippen molar-refractivity contribution < 1.29 is 13.9 Å². The molecule has 1 amide bonds. The van der Waals surface area contributed by atoms with E-state index >= 15 is 0 Å². The summed E-state index contributed by atoms with van der Waals surface area (Å²) in [5, 5.41) is 8.02. The van der Waals surface area contributed by atoms with Gasteiger partial charge in [0.1, 0.15) is 17.2 Å². The fourth-order valence-electron chi connectivity index (χ4n) is 3.70. The van der Waals surface area contributed by atoms with Gasteiger partial charge in [-0.05, 0) is 56.2 Å². The van der Waals surface area contributed by atoms with Crippen LogP contribution in [0.5, 0.6) is 5.75 Å². The smallest absolute Gasteiger partial charge is 0.340 e. The van der Waals surface area contributed by atoms with Gasteiger partial charge in [0.05, 0.1) is 35.9 Å². The van der Waals surface area contributed by atoms with Crippen molar-refractivity contribution in [3.8, 4) is 11.4 Å². The van der Waals surface area contributed by atoms with Crippen LogP contribution in [0, 0.1) is 20.8 Å². The lowest BCUT2D eigenvalue weighted by molar-refractivity contribution is -0.115. The molecule has 31 heavy (non-hydrogen) atoms. The van der Waals surface area contributed by atoms with Crippen LogP contribution in [-0.2, 0) is 11.2 Å². The van der Waals surface area contributed by atoms with Gasteiger partial charge in [0.25, 0.3) is 0 Å². The van der Waals surface area contributed by atoms with Crippen molar-refractivity contribution in [1.29, 1.82) is 0 Å². The van der Waals surface area contributed by atoms with Crippen LogP contribution in [0.15, 0.2) is 57.7 Å². The molecule has 0 aliphatic rings. The molecular weight excluding hydrogens is 394 g/mol. The molecule has 0 aliphatic heterocycles. The highest BCUT2D eigenvalue weighted by atomic mass is 16.5. The number of aryl methyl sites for hydroxylation is 3. The predicted octanol–water partition coefficient (Wildman–Crippen LogP) is 4.09. The molecule has 4 rings (SSSR count). The monoisotopic (exact) mass is 417 g/mol. The number of aromatic nitrogens is 2. The second kappa shape index (κ2) is 8.10. The van der Waals surface area contributed by atoms with Gasteiger partial charge in [0.2, 0.25) is 5.91 Å². The summed E-state index contributed by atoms with van der Waals surface area (Å²) in [7, 11) is 1.57. The maximum Gasteiger partial charge on any atom is 0.340 e. The van der Waals surface area contributed by atoms with Crippen LogP contribution in [0.1, 0.15) is 22.4 Å². The zero-order valence-electron chi connectivity index (χ0n) is 17.9. The number of carbonyl (C=O) groups is 1. The first-order valence-corrected chi connectivity index (χ1v) is 9.90. The molecule has 0 radical (unpaired) electrons. The first kappa shape index (κ1) is 20.4. The number of amides is 1. The summed E-state index contributed by atoms with van der Waals surface area (Å²) >= 11 is 0. The number of nitrogens with zero attached hydrogens (tertiary/aromatic N) is 2. The summed E-state index contributed by atoms with van der Waals surface area (Å²) < 4.78 is 12.7. The molecule has 158 valence electrons. The number of ether oxygens (including phenoxy) is 1. The quantitative estimate of drug-likeness (QED) is 0.494. The van der Waals surface area contributed by atoms with Gasteiger partial charge in [-0.15, -0.1) is 0 Å². The van der Waals surface area contributed by atoms with Crippen LogP contribution in [0.2, 0.25) is 0 Å². The van der Waals surface area contributed by atoms with Gasteiger partial charge in [-0.2, -0.15) is 5.10 Å². The first-order valence-electron chi connectivity index (χ1n) is 9.90. The van der Waals surface area contributed by atoms with E-state index in [0.29, 0.717) is 33.7 Å². The molecular formula is C24H23N3O4. The highest BCUT2D eigenvalue weighted by Gasteiger charge is 2.19. The summed E-state index contributed by atoms with van der Waals surface area (Å²) in [5.41, 5.74) is 3.40. The zero-order valence-corrected chi connectivity index (χ0v) is 17.9. The van der Waals surface area contributed by atoms with Crippen LogP contribution in [0.3, 0.4) is 0 Å². The Morgan fingerprint density at radius 2 is 1.87 bits per heavy atom. The summed E-state index contributed by atoms with van der Waals surface area (Å²) in [6.45, 7) is 5.56. The molecule has 4 aromatic rings. The second-order valence-electron chi connectivity index (χ2n) is 7.48. The molecule has 0 unspecified atom stereocenters. The number of methoxy groups -OCH3 is 1. The second-order valence-corrected chi connectivity index (χ2v) is 7.48. The highest BCUT2D eigenvalue weighted by molar-refractivity contribution is 5.94. The van der Waals surface area contributed by atoms with Crippen molar-refractivity contribution in [3.05, 3.63) is 81.3 Å². The summed E-state index contributed by atoms with van der Waals surface area (Å²) in [6.07, 6.45) is -0.125. The Morgan fingerprint density at radius 3 is 2.58 bits per heavy atom. The van der Waals surface area contributed by atoms with Crippen molar-refractivity contribution in [3.63, 3.8) is 0 Å². The molecule has 2 aromatic carbocycles. The maximum absolute atomic E-state index is 12.9. The van der Waals surface area contributed by atoms with Crippen molar-refractivity contribution in [1.82, 2.24) is 9.78 Å². The number of anilines is 1. The SMILES string of the molecule is COc1cc(C)cc2oc(=O)c(CC(=O)Nc3cc(C)nn3-c3ccccc3)c(C)c12. The van der Waals surface area contributed by atoms with E-state index in [-0.39, 0.29) is 12.3 Å². The molecule has 0 saturated heterocycles. The molecule has 1 N–H and O–H groups in total. The van der Waals surface area contributed by atoms with Gasteiger partial charge in [0, 0.05) is 6.07 Å². The highest BCUT2D eigenvalue weighted by Crippen LogP contribution is 2.31. The topological polar surface area (TPSA) is 86.4 Å². The van der Waals surface area contributed by atoms with Gasteiger partial charge in [-0.3, -0.25) is 4.79 Å². The standard InChI is InChI=1S/C24H23N3O4/c1-14-10-19(30-4)23-16(3)18(24(29)31-20(23)11-14)13-22(28)25-21-12-15(2)26-27(21)17-8-6-5-7-9-17/h5-12H,13H2,1-4H3,(H,25,28). The van der Waals surface area contributed by atoms with E-state index in [4.69, 9.17) is 9.15 Å². The van der Waals surface area contributed by atoms with Gasteiger partial charge in [0.15, 0.2) is 0 Å². The molecule has 0 spiro atoms. The van der Waals surface area contributed by atoms with Gasteiger partial charge < -0.3 is 14.5 Å². The molecule has 0 fully saturated rings. The van der Waals surface area contributed by atoms with Crippen molar-refractivity contribution in [2.24, 2.45) is 0 Å². The summed E-state index contributed by atoms with van der Waals surface area (Å²) in [4.78, 5) is 25.5. The van der Waals surface area contributed by atoms with Crippen LogP contribution in [-0.4, -0.2) is 22.8 Å². The van der Waals surface area contributed by atoms with Gasteiger partial charge >= 0.3 is 5.63 Å². The number of hydrogen-bond acceptors (Lipinski definition) is 5. The summed E-state index contributed by atoms with van der Waals surface area (Å²) in [6, 6.07) is 15.0. The van der Waals surface area contributed by atoms with Crippen LogP contribution in [0.4, 0.5) is 5.82 Å². The molecule has 0 aliphatic carbocycles. The van der Waals surface area contributed by atoms with E-state index in [9.17, 15) is 9.59 Å². The third-order valence-electron chi connectivity index (χ3n) is 5.14. The average molecular weight is 417 g/mol. The number of rotatable bonds is 5. The lowest BCUT2D eigenvalue weighted by Gasteiger charge is -2.12. The lowest BCUT2D eigenvalue weighted by Crippen LogP contribution is -2.22. The number of benzene rings is 2. The first-order chi connectivity index (χ1) is 14.9. The third kappa shape index (κ3) is 3.94. The molecule has 2 heterocycles. The predicted molar refractivity (Wildman–Crippen MR) is 119 cm³/mol. The lowest BCUT2D eigenvalue weighted by atomic mass is 10.0. The minimum Gasteiger partial charge on any atom is -0.496 e. The fourth-order valence-corrected chi connectivity index (χ4v) is 3.70. The van der Waals surface area contributed by atoms with E-state index < -0.39 is 5.63 Å². The van der Waals surface area contributed by atoms with E-state index in [2.05, 4.69) is 10.4 Å². The Hall–Kier alpha value is -3.87. The van der Waals surface area contributed by atoms with Crippen molar-refractivity contribution in [2.45, 2.75) is 27.2 Å². The number of para-hydroxylation sites is 1. The van der Waals surface area contributed by atoms with Gasteiger partial charge in [-0.25, -0.2) is 9.48 Å². The van der Waals surface area contributed by atoms with Crippen LogP contribution < -0.4 is 15.7 Å². The van der Waals surface area contributed by atoms with Crippen LogP contribution >= 0.6 is 0 Å². The van der Waals surface area contributed by atoms with E-state index in [1.165, 1.54) is 0 Å². The van der Waals surface area contributed by atoms with Crippen molar-refractivity contribution in [2.75, 3.05) is 12.4 Å². The van der Waals surface area contributed by atoms with E-state index in [1.54, 1.807) is 30.8 Å². The van der Waals surface area contributed by atoms with E-state index in [1.807, 2.05) is 50.2 Å². The maximum atomic E-state index is 12.9. The number of hydrogen-bond donors (Lipinski definition) is 1. The fraction of sp³-hybridized carbons (Fsp3) is 0.208. The number of fused-ring (bicyclic) bond motifs is 1. The Balaban J connectivity index is 1.68. The number of nitrogens with one attached hydrogen (secondary N) is 1. The Bertz CT molecular complexity index is 1340. The molecule has 0 saturated carbocycles. The third-order valence-corrected chi connectivity index (χ3v) is 5.14. The van der Waals surface area contributed by atoms with Gasteiger partial charge in [-0.1, -0.05) is 18.2 Å². The molecule has 7 nitrogen and oxygen atoms in total. The largest absolute Gasteiger partial charge is 0.496 e. The van der Waals surface area contributed by atoms with Crippen molar-refractivity contribution >= 4 is 22.7 Å². The average Bonchev–Trinajstić information content (AvgIpc) is 3.10. The Kier molecular flexibility index (Phi) is 5.33. The summed E-state index contributed by atoms with van der Waals surface area (Å²) in [5.74, 6) is 0.804. The van der Waals surface area contributed by atoms with E-state index in [0.717, 1.165) is 16.9 Å². The minimum atomic E-state index is -0.527. The molecule has 0 bridgehead atoms. The zero-order chi connectivity index (χ0) is 22.1. The molecule has 0 atom stereocenters.